The lowest BCUT2D eigenvalue weighted by Crippen LogP contribution is -2.01. The summed E-state index contributed by atoms with van der Waals surface area (Å²) in [6.45, 7) is 10.4. The molecule has 0 unspecified atom stereocenters. The van der Waals surface area contributed by atoms with Gasteiger partial charge >= 0.3 is 0 Å². The molecule has 0 bridgehead atoms. The van der Waals surface area contributed by atoms with Crippen LogP contribution in [0.4, 0.5) is 0 Å². The van der Waals surface area contributed by atoms with E-state index < -0.39 is 0 Å². The van der Waals surface area contributed by atoms with Crippen molar-refractivity contribution in [1.29, 1.82) is 0 Å². The molecule has 1 aromatic carbocycles. The molecule has 0 N–H and O–H groups in total. The van der Waals surface area contributed by atoms with Crippen LogP contribution in [0.1, 0.15) is 42.3 Å². The highest BCUT2D eigenvalue weighted by Gasteiger charge is 2.13. The smallest absolute Gasteiger partial charge is 0.136 e. The van der Waals surface area contributed by atoms with Crippen molar-refractivity contribution in [3.05, 3.63) is 45.9 Å². The van der Waals surface area contributed by atoms with E-state index >= 15 is 0 Å². The van der Waals surface area contributed by atoms with E-state index in [1.807, 2.05) is 6.92 Å². The van der Waals surface area contributed by atoms with Crippen molar-refractivity contribution in [2.24, 2.45) is 0 Å². The van der Waals surface area contributed by atoms with Crippen molar-refractivity contribution in [3.63, 3.8) is 0 Å². The second-order valence-corrected chi connectivity index (χ2v) is 6.73. The Morgan fingerprint density at radius 2 is 1.75 bits per heavy atom. The quantitative estimate of drug-likeness (QED) is 0.717. The normalized spacial score (nSPS) is 11.2. The Hall–Kier alpha value is -1.06. The van der Waals surface area contributed by atoms with Crippen LogP contribution in [0, 0.1) is 20.8 Å². The third-order valence-corrected chi connectivity index (χ3v) is 4.72. The number of rotatable bonds is 3. The van der Waals surface area contributed by atoms with Crippen LogP contribution in [0.5, 0.6) is 0 Å². The molecule has 2 nitrogen and oxygen atoms in total. The van der Waals surface area contributed by atoms with E-state index in [4.69, 9.17) is 11.6 Å². The third kappa shape index (κ3) is 3.33. The van der Waals surface area contributed by atoms with Crippen LogP contribution < -0.4 is 0 Å². The Morgan fingerprint density at radius 3 is 2.35 bits per heavy atom. The zero-order chi connectivity index (χ0) is 14.9. The Kier molecular flexibility index (Phi) is 4.71. The summed E-state index contributed by atoms with van der Waals surface area (Å²) in [4.78, 5) is 10.2. The molecule has 0 saturated heterocycles. The first kappa shape index (κ1) is 15.3. The maximum atomic E-state index is 6.22. The Labute approximate surface area is 130 Å². The highest BCUT2D eigenvalue weighted by atomic mass is 35.5. The Balaban J connectivity index is 2.39. The summed E-state index contributed by atoms with van der Waals surface area (Å²) in [6, 6.07) is 6.45. The number of benzene rings is 1. The van der Waals surface area contributed by atoms with E-state index in [0.717, 1.165) is 16.4 Å². The SMILES string of the molecule is Cc1ccc(Sc2nc(C(C)C)nc(Cl)c2C)cc1C. The molecule has 0 saturated carbocycles. The summed E-state index contributed by atoms with van der Waals surface area (Å²) < 4.78 is 0. The fraction of sp³-hybridized carbons (Fsp3) is 0.375. The van der Waals surface area contributed by atoms with Crippen LogP contribution in [-0.4, -0.2) is 9.97 Å². The Bertz CT molecular complexity index is 639. The van der Waals surface area contributed by atoms with Gasteiger partial charge in [0, 0.05) is 16.4 Å². The maximum absolute atomic E-state index is 6.22. The molecule has 0 amide bonds. The monoisotopic (exact) mass is 306 g/mol. The molecular formula is C16H19ClN2S. The number of hydrogen-bond donors (Lipinski definition) is 0. The van der Waals surface area contributed by atoms with Crippen molar-refractivity contribution >= 4 is 23.4 Å². The van der Waals surface area contributed by atoms with Crippen LogP contribution in [0.25, 0.3) is 0 Å². The van der Waals surface area contributed by atoms with Crippen molar-refractivity contribution in [2.45, 2.75) is 50.5 Å². The number of nitrogens with zero attached hydrogens (tertiary/aromatic N) is 2. The second-order valence-electron chi connectivity index (χ2n) is 5.31. The predicted molar refractivity (Wildman–Crippen MR) is 85.9 cm³/mol. The van der Waals surface area contributed by atoms with Crippen LogP contribution in [0.3, 0.4) is 0 Å². The minimum absolute atomic E-state index is 0.271. The average Bonchev–Trinajstić information content (AvgIpc) is 2.38. The predicted octanol–water partition coefficient (Wildman–Crippen LogP) is 5.33. The highest BCUT2D eigenvalue weighted by molar-refractivity contribution is 7.99. The van der Waals surface area contributed by atoms with Crippen LogP contribution in [-0.2, 0) is 0 Å². The summed E-state index contributed by atoms with van der Waals surface area (Å²) in [5.41, 5.74) is 3.53. The number of aryl methyl sites for hydroxylation is 2. The maximum Gasteiger partial charge on any atom is 0.136 e. The number of hydrogen-bond acceptors (Lipinski definition) is 3. The minimum atomic E-state index is 0.271. The molecule has 2 rings (SSSR count). The highest BCUT2D eigenvalue weighted by Crippen LogP contribution is 2.33. The van der Waals surface area contributed by atoms with E-state index in [0.29, 0.717) is 5.15 Å². The molecular weight excluding hydrogens is 288 g/mol. The molecule has 4 heteroatoms. The molecule has 1 aromatic heterocycles. The first-order chi connectivity index (χ1) is 9.38. The van der Waals surface area contributed by atoms with Gasteiger partial charge in [0.15, 0.2) is 0 Å². The van der Waals surface area contributed by atoms with Crippen LogP contribution in [0.15, 0.2) is 28.1 Å². The van der Waals surface area contributed by atoms with Gasteiger partial charge in [0.1, 0.15) is 16.0 Å². The summed E-state index contributed by atoms with van der Waals surface area (Å²) in [5, 5.41) is 1.49. The first-order valence-corrected chi connectivity index (χ1v) is 7.87. The van der Waals surface area contributed by atoms with Gasteiger partial charge in [0.05, 0.1) is 0 Å². The molecule has 0 aliphatic heterocycles. The molecule has 20 heavy (non-hydrogen) atoms. The van der Waals surface area contributed by atoms with E-state index in [2.05, 4.69) is 55.9 Å². The lowest BCUT2D eigenvalue weighted by Gasteiger charge is -2.11. The van der Waals surface area contributed by atoms with Gasteiger partial charge in [-0.2, -0.15) is 0 Å². The summed E-state index contributed by atoms with van der Waals surface area (Å²) in [6.07, 6.45) is 0. The Morgan fingerprint density at radius 1 is 1.05 bits per heavy atom. The van der Waals surface area contributed by atoms with Gasteiger partial charge < -0.3 is 0 Å². The first-order valence-electron chi connectivity index (χ1n) is 6.67. The molecule has 1 heterocycles. The fourth-order valence-electron chi connectivity index (χ4n) is 1.73. The molecule has 106 valence electrons. The average molecular weight is 307 g/mol. The van der Waals surface area contributed by atoms with E-state index in [-0.39, 0.29) is 5.92 Å². The van der Waals surface area contributed by atoms with Gasteiger partial charge in [-0.05, 0) is 44.0 Å². The fourth-order valence-corrected chi connectivity index (χ4v) is 2.95. The molecule has 0 atom stereocenters. The van der Waals surface area contributed by atoms with Crippen molar-refractivity contribution in [2.75, 3.05) is 0 Å². The van der Waals surface area contributed by atoms with Crippen LogP contribution in [0.2, 0.25) is 5.15 Å². The van der Waals surface area contributed by atoms with Crippen molar-refractivity contribution in [1.82, 2.24) is 9.97 Å². The topological polar surface area (TPSA) is 25.8 Å². The van der Waals surface area contributed by atoms with Gasteiger partial charge in [-0.1, -0.05) is 43.3 Å². The lowest BCUT2D eigenvalue weighted by molar-refractivity contribution is 0.747. The van der Waals surface area contributed by atoms with Crippen molar-refractivity contribution < 1.29 is 0 Å². The van der Waals surface area contributed by atoms with Gasteiger partial charge in [0.2, 0.25) is 0 Å². The lowest BCUT2D eigenvalue weighted by atomic mass is 10.1. The van der Waals surface area contributed by atoms with E-state index in [1.165, 1.54) is 16.0 Å². The number of halogens is 1. The number of aromatic nitrogens is 2. The molecule has 0 aliphatic carbocycles. The summed E-state index contributed by atoms with van der Waals surface area (Å²) >= 11 is 7.87. The van der Waals surface area contributed by atoms with Crippen LogP contribution >= 0.6 is 23.4 Å². The minimum Gasteiger partial charge on any atom is -0.226 e. The van der Waals surface area contributed by atoms with Gasteiger partial charge in [-0.15, -0.1) is 0 Å². The molecule has 0 aliphatic rings. The standard InChI is InChI=1S/C16H19ClN2S/c1-9(2)15-18-14(17)12(5)16(19-15)20-13-7-6-10(3)11(4)8-13/h6-9H,1-5H3. The molecule has 0 radical (unpaired) electrons. The van der Waals surface area contributed by atoms with Crippen molar-refractivity contribution in [3.8, 4) is 0 Å². The molecule has 0 fully saturated rings. The summed E-state index contributed by atoms with van der Waals surface area (Å²) in [5.74, 6) is 1.07. The van der Waals surface area contributed by atoms with E-state index in [1.54, 1.807) is 11.8 Å². The second kappa shape index (κ2) is 6.15. The van der Waals surface area contributed by atoms with E-state index in [9.17, 15) is 0 Å². The molecule has 0 spiro atoms. The molecule has 2 aromatic rings. The largest absolute Gasteiger partial charge is 0.226 e. The van der Waals surface area contributed by atoms with Gasteiger partial charge in [0.25, 0.3) is 0 Å². The zero-order valence-electron chi connectivity index (χ0n) is 12.5. The zero-order valence-corrected chi connectivity index (χ0v) is 14.1. The third-order valence-electron chi connectivity index (χ3n) is 3.27. The van der Waals surface area contributed by atoms with Gasteiger partial charge in [-0.3, -0.25) is 0 Å². The van der Waals surface area contributed by atoms with Gasteiger partial charge in [-0.25, -0.2) is 9.97 Å². The summed E-state index contributed by atoms with van der Waals surface area (Å²) in [7, 11) is 0.